The summed E-state index contributed by atoms with van der Waals surface area (Å²) in [5.74, 6) is -1.18. The lowest BCUT2D eigenvalue weighted by atomic mass is 9.84. The number of hydrogen-bond donors (Lipinski definition) is 1. The van der Waals surface area contributed by atoms with Crippen LogP contribution in [0, 0.1) is 5.92 Å². The van der Waals surface area contributed by atoms with Gasteiger partial charge in [-0.3, -0.25) is 9.59 Å². The van der Waals surface area contributed by atoms with Crippen molar-refractivity contribution in [3.63, 3.8) is 0 Å². The van der Waals surface area contributed by atoms with Crippen LogP contribution in [0.15, 0.2) is 29.8 Å². The van der Waals surface area contributed by atoms with E-state index in [1.54, 1.807) is 0 Å². The van der Waals surface area contributed by atoms with E-state index in [1.807, 2.05) is 49.3 Å². The summed E-state index contributed by atoms with van der Waals surface area (Å²) >= 11 is 0. The largest absolute Gasteiger partial charge is 0.481 e. The van der Waals surface area contributed by atoms with Crippen molar-refractivity contribution in [3.8, 4) is 0 Å². The van der Waals surface area contributed by atoms with Crippen LogP contribution >= 0.6 is 0 Å². The van der Waals surface area contributed by atoms with E-state index in [-0.39, 0.29) is 5.78 Å². The van der Waals surface area contributed by atoms with Crippen LogP contribution in [0.5, 0.6) is 0 Å². The van der Waals surface area contributed by atoms with Gasteiger partial charge in [0.15, 0.2) is 5.78 Å². The van der Waals surface area contributed by atoms with Gasteiger partial charge in [0.05, 0.1) is 5.92 Å². The predicted octanol–water partition coefficient (Wildman–Crippen LogP) is 2.59. The molecule has 0 amide bonds. The van der Waals surface area contributed by atoms with Gasteiger partial charge < -0.3 is 10.0 Å². The summed E-state index contributed by atoms with van der Waals surface area (Å²) in [5, 5.41) is 9.06. The Kier molecular flexibility index (Phi) is 4.23. The molecule has 0 heterocycles. The molecule has 1 N–H and O–H groups in total. The minimum Gasteiger partial charge on any atom is -0.481 e. The molecule has 0 spiro atoms. The number of rotatable bonds is 3. The van der Waals surface area contributed by atoms with Gasteiger partial charge in [-0.15, -0.1) is 0 Å². The molecular weight excluding hydrogens is 254 g/mol. The van der Waals surface area contributed by atoms with Gasteiger partial charge in [0.25, 0.3) is 0 Å². The third kappa shape index (κ3) is 3.26. The van der Waals surface area contributed by atoms with Crippen LogP contribution in [-0.4, -0.2) is 31.0 Å². The number of carboxylic acids is 1. The number of Topliss-reactive ketones (excluding diaryl/α,β-unsaturated/α-hetero) is 1. The summed E-state index contributed by atoms with van der Waals surface area (Å²) in [7, 11) is 3.94. The molecule has 0 saturated heterocycles. The SMILES string of the molecule is CN(C)c1ccc(C=C2CC(C(=O)O)CCC2=O)cc1. The van der Waals surface area contributed by atoms with Gasteiger partial charge in [0.1, 0.15) is 0 Å². The zero-order valence-corrected chi connectivity index (χ0v) is 11.8. The lowest BCUT2D eigenvalue weighted by Crippen LogP contribution is -2.23. The molecule has 0 radical (unpaired) electrons. The third-order valence-corrected chi connectivity index (χ3v) is 3.64. The molecule has 1 aromatic carbocycles. The Labute approximate surface area is 118 Å². The topological polar surface area (TPSA) is 57.6 Å². The highest BCUT2D eigenvalue weighted by Crippen LogP contribution is 2.28. The first-order chi connectivity index (χ1) is 9.47. The second-order valence-corrected chi connectivity index (χ2v) is 5.36. The number of aliphatic carboxylic acids is 1. The van der Waals surface area contributed by atoms with Crippen molar-refractivity contribution in [2.75, 3.05) is 19.0 Å². The molecule has 1 saturated carbocycles. The summed E-state index contributed by atoms with van der Waals surface area (Å²) < 4.78 is 0. The Balaban J connectivity index is 2.19. The van der Waals surface area contributed by atoms with Gasteiger partial charge in [0, 0.05) is 26.2 Å². The third-order valence-electron chi connectivity index (χ3n) is 3.64. The van der Waals surface area contributed by atoms with E-state index in [4.69, 9.17) is 5.11 Å². The van der Waals surface area contributed by atoms with E-state index in [2.05, 4.69) is 0 Å². The summed E-state index contributed by atoms with van der Waals surface area (Å²) in [5.41, 5.74) is 2.65. The summed E-state index contributed by atoms with van der Waals surface area (Å²) in [6.45, 7) is 0. The summed E-state index contributed by atoms with van der Waals surface area (Å²) in [6, 6.07) is 7.85. The number of carboxylic acid groups (broad SMARTS) is 1. The van der Waals surface area contributed by atoms with Crippen molar-refractivity contribution < 1.29 is 14.7 Å². The number of hydrogen-bond acceptors (Lipinski definition) is 3. The van der Waals surface area contributed by atoms with Gasteiger partial charge in [-0.05, 0) is 42.2 Å². The van der Waals surface area contributed by atoms with Crippen LogP contribution in [-0.2, 0) is 9.59 Å². The smallest absolute Gasteiger partial charge is 0.306 e. The van der Waals surface area contributed by atoms with Crippen molar-refractivity contribution in [3.05, 3.63) is 35.4 Å². The molecule has 4 heteroatoms. The molecule has 20 heavy (non-hydrogen) atoms. The first kappa shape index (κ1) is 14.3. The highest BCUT2D eigenvalue weighted by Gasteiger charge is 2.27. The average Bonchev–Trinajstić information content (AvgIpc) is 2.41. The molecule has 1 atom stereocenters. The molecule has 106 valence electrons. The van der Waals surface area contributed by atoms with Crippen LogP contribution in [0.2, 0.25) is 0 Å². The molecule has 0 aromatic heterocycles. The maximum atomic E-state index is 11.9. The van der Waals surface area contributed by atoms with E-state index in [0.717, 1.165) is 11.3 Å². The monoisotopic (exact) mass is 273 g/mol. The maximum absolute atomic E-state index is 11.9. The average molecular weight is 273 g/mol. The Bertz CT molecular complexity index is 543. The van der Waals surface area contributed by atoms with E-state index in [1.165, 1.54) is 0 Å². The Morgan fingerprint density at radius 2 is 1.95 bits per heavy atom. The number of allylic oxidation sites excluding steroid dienone is 1. The quantitative estimate of drug-likeness (QED) is 0.860. The Morgan fingerprint density at radius 3 is 2.50 bits per heavy atom. The van der Waals surface area contributed by atoms with Crippen molar-refractivity contribution in [2.24, 2.45) is 5.92 Å². The van der Waals surface area contributed by atoms with Crippen molar-refractivity contribution >= 4 is 23.5 Å². The fourth-order valence-electron chi connectivity index (χ4n) is 2.37. The van der Waals surface area contributed by atoms with Crippen LogP contribution in [0.1, 0.15) is 24.8 Å². The molecular formula is C16H19NO3. The fourth-order valence-corrected chi connectivity index (χ4v) is 2.37. The van der Waals surface area contributed by atoms with Crippen LogP contribution in [0.3, 0.4) is 0 Å². The molecule has 1 fully saturated rings. The summed E-state index contributed by atoms with van der Waals surface area (Å²) in [6.07, 6.45) is 2.93. The zero-order valence-electron chi connectivity index (χ0n) is 11.8. The second kappa shape index (κ2) is 5.90. The van der Waals surface area contributed by atoms with Gasteiger partial charge >= 0.3 is 5.97 Å². The van der Waals surface area contributed by atoms with Crippen molar-refractivity contribution in [2.45, 2.75) is 19.3 Å². The number of ketones is 1. The van der Waals surface area contributed by atoms with Crippen LogP contribution < -0.4 is 4.90 Å². The van der Waals surface area contributed by atoms with E-state index < -0.39 is 11.9 Å². The highest BCUT2D eigenvalue weighted by atomic mass is 16.4. The molecule has 0 bridgehead atoms. The molecule has 1 aliphatic rings. The predicted molar refractivity (Wildman–Crippen MR) is 78.7 cm³/mol. The molecule has 0 aliphatic heterocycles. The van der Waals surface area contributed by atoms with Crippen molar-refractivity contribution in [1.82, 2.24) is 0 Å². The minimum absolute atomic E-state index is 0.0687. The minimum atomic E-state index is -0.814. The van der Waals surface area contributed by atoms with Gasteiger partial charge in [-0.25, -0.2) is 0 Å². The number of anilines is 1. The highest BCUT2D eigenvalue weighted by molar-refractivity contribution is 6.01. The van der Waals surface area contributed by atoms with Gasteiger partial charge in [-0.2, -0.15) is 0 Å². The lowest BCUT2D eigenvalue weighted by Gasteiger charge is -2.19. The standard InChI is InChI=1S/C16H19NO3/c1-17(2)14-6-3-11(4-7-14)9-13-10-12(16(19)20)5-8-15(13)18/h3-4,6-7,9,12H,5,8,10H2,1-2H3,(H,19,20). The van der Waals surface area contributed by atoms with Gasteiger partial charge in [-0.1, -0.05) is 12.1 Å². The number of benzene rings is 1. The maximum Gasteiger partial charge on any atom is 0.306 e. The molecule has 1 aliphatic carbocycles. The van der Waals surface area contributed by atoms with Crippen molar-refractivity contribution in [1.29, 1.82) is 0 Å². The number of carbonyl (C=O) groups is 2. The number of nitrogens with zero attached hydrogens (tertiary/aromatic N) is 1. The Hall–Kier alpha value is -2.10. The lowest BCUT2D eigenvalue weighted by molar-refractivity contribution is -0.142. The second-order valence-electron chi connectivity index (χ2n) is 5.36. The van der Waals surface area contributed by atoms with Crippen LogP contribution in [0.4, 0.5) is 5.69 Å². The Morgan fingerprint density at radius 1 is 1.30 bits per heavy atom. The van der Waals surface area contributed by atoms with E-state index >= 15 is 0 Å². The molecule has 1 unspecified atom stereocenters. The molecule has 2 rings (SSSR count). The zero-order chi connectivity index (χ0) is 14.7. The van der Waals surface area contributed by atoms with Gasteiger partial charge in [0.2, 0.25) is 0 Å². The van der Waals surface area contributed by atoms with Crippen LogP contribution in [0.25, 0.3) is 6.08 Å². The number of carbonyl (C=O) groups excluding carboxylic acids is 1. The fraction of sp³-hybridized carbons (Fsp3) is 0.375. The summed E-state index contributed by atoms with van der Waals surface area (Å²) in [4.78, 5) is 24.9. The normalized spacial score (nSPS) is 21.0. The molecule has 1 aromatic rings. The molecule has 4 nitrogen and oxygen atoms in total. The first-order valence-electron chi connectivity index (χ1n) is 6.71. The van der Waals surface area contributed by atoms with E-state index in [9.17, 15) is 9.59 Å². The first-order valence-corrected chi connectivity index (χ1v) is 6.71. The van der Waals surface area contributed by atoms with E-state index in [0.29, 0.717) is 24.8 Å².